The van der Waals surface area contributed by atoms with Crippen LogP contribution in [-0.4, -0.2) is 14.1 Å². The van der Waals surface area contributed by atoms with Crippen LogP contribution in [0.3, 0.4) is 0 Å². The summed E-state index contributed by atoms with van der Waals surface area (Å²) in [6.07, 6.45) is 4.16. The summed E-state index contributed by atoms with van der Waals surface area (Å²) in [6.45, 7) is 0. The van der Waals surface area contributed by atoms with Crippen LogP contribution in [0.25, 0.3) is 66.1 Å². The lowest BCUT2D eigenvalue weighted by Gasteiger charge is -2.11. The first-order valence-electron chi connectivity index (χ1n) is 12.9. The van der Waals surface area contributed by atoms with Crippen LogP contribution >= 0.6 is 0 Å². The Labute approximate surface area is 219 Å². The van der Waals surface area contributed by atoms with Crippen LogP contribution in [0.4, 0.5) is 0 Å². The highest BCUT2D eigenvalue weighted by molar-refractivity contribution is 6.20. The fraction of sp³-hybridized carbons (Fsp3) is 0. The molecular formula is C35H23N3. The molecular weight excluding hydrogens is 462 g/mol. The van der Waals surface area contributed by atoms with E-state index in [0.717, 1.165) is 16.9 Å². The number of aromatic nitrogens is 3. The maximum atomic E-state index is 4.86. The lowest BCUT2D eigenvalue weighted by atomic mass is 10.0. The molecule has 8 aromatic rings. The first-order valence-corrected chi connectivity index (χ1v) is 12.9. The normalized spacial score (nSPS) is 11.7. The Kier molecular flexibility index (Phi) is 4.52. The van der Waals surface area contributed by atoms with Gasteiger partial charge in [0.05, 0.1) is 34.1 Å². The molecule has 0 saturated heterocycles. The smallest absolute Gasteiger partial charge is 0.0703 e. The molecule has 3 heteroatoms. The maximum absolute atomic E-state index is 4.86. The van der Waals surface area contributed by atoms with E-state index in [-0.39, 0.29) is 0 Å². The van der Waals surface area contributed by atoms with Crippen molar-refractivity contribution in [3.05, 3.63) is 140 Å². The molecule has 3 aromatic heterocycles. The van der Waals surface area contributed by atoms with Crippen LogP contribution in [0.15, 0.2) is 140 Å². The summed E-state index contributed by atoms with van der Waals surface area (Å²) in [7, 11) is 0. The van der Waals surface area contributed by atoms with Crippen LogP contribution in [0.2, 0.25) is 0 Å². The van der Waals surface area contributed by atoms with Gasteiger partial charge in [0, 0.05) is 39.0 Å². The predicted octanol–water partition coefficient (Wildman–Crippen LogP) is 8.94. The molecule has 0 radical (unpaired) electrons. The molecule has 0 amide bonds. The zero-order valence-electron chi connectivity index (χ0n) is 20.6. The van der Waals surface area contributed by atoms with Crippen molar-refractivity contribution in [1.82, 2.24) is 14.1 Å². The van der Waals surface area contributed by atoms with Crippen molar-refractivity contribution >= 4 is 43.5 Å². The molecule has 0 saturated carbocycles. The molecule has 0 fully saturated rings. The average molecular weight is 486 g/mol. The summed E-state index contributed by atoms with van der Waals surface area (Å²) < 4.78 is 4.63. The van der Waals surface area contributed by atoms with Gasteiger partial charge < -0.3 is 9.13 Å². The van der Waals surface area contributed by atoms with Gasteiger partial charge in [0.2, 0.25) is 0 Å². The largest absolute Gasteiger partial charge is 0.317 e. The van der Waals surface area contributed by atoms with Gasteiger partial charge in [-0.2, -0.15) is 0 Å². The maximum Gasteiger partial charge on any atom is 0.0703 e. The molecule has 0 aliphatic rings. The molecule has 0 N–H and O–H groups in total. The highest BCUT2D eigenvalue weighted by Crippen LogP contribution is 2.38. The minimum Gasteiger partial charge on any atom is -0.317 e. The third-order valence-corrected chi connectivity index (χ3v) is 7.57. The van der Waals surface area contributed by atoms with E-state index in [1.807, 2.05) is 12.3 Å². The predicted molar refractivity (Wildman–Crippen MR) is 158 cm³/mol. The van der Waals surface area contributed by atoms with Crippen molar-refractivity contribution in [2.75, 3.05) is 0 Å². The fourth-order valence-electron chi connectivity index (χ4n) is 5.79. The van der Waals surface area contributed by atoms with Crippen LogP contribution in [0.1, 0.15) is 0 Å². The summed E-state index contributed by atoms with van der Waals surface area (Å²) >= 11 is 0. The van der Waals surface area contributed by atoms with Gasteiger partial charge in [0.15, 0.2) is 0 Å². The van der Waals surface area contributed by atoms with Gasteiger partial charge in [-0.05, 0) is 53.9 Å². The molecule has 0 aliphatic carbocycles. The van der Waals surface area contributed by atoms with E-state index in [1.54, 1.807) is 0 Å². The van der Waals surface area contributed by atoms with E-state index in [4.69, 9.17) is 4.98 Å². The molecule has 0 unspecified atom stereocenters. The lowest BCUT2D eigenvalue weighted by Crippen LogP contribution is -1.96. The van der Waals surface area contributed by atoms with E-state index < -0.39 is 0 Å². The van der Waals surface area contributed by atoms with Crippen molar-refractivity contribution in [1.29, 1.82) is 0 Å². The Hall–Kier alpha value is -5.15. The van der Waals surface area contributed by atoms with Crippen LogP contribution in [0, 0.1) is 0 Å². The SMILES string of the molecule is c1ccc(-c2ccc(-n3c4ccccc4c4ccc5cc6c(ccn6-c6ccccc6)cc5c43)cn2)cc1. The van der Waals surface area contributed by atoms with Crippen molar-refractivity contribution in [2.24, 2.45) is 0 Å². The minimum atomic E-state index is 0.976. The first-order chi connectivity index (χ1) is 18.8. The summed E-state index contributed by atoms with van der Waals surface area (Å²) in [5, 5.41) is 6.19. The third-order valence-electron chi connectivity index (χ3n) is 7.57. The third kappa shape index (κ3) is 3.12. The zero-order valence-corrected chi connectivity index (χ0v) is 20.6. The quantitative estimate of drug-likeness (QED) is 0.245. The molecule has 0 spiro atoms. The van der Waals surface area contributed by atoms with Gasteiger partial charge in [-0.25, -0.2) is 0 Å². The number of fused-ring (bicyclic) bond motifs is 6. The Balaban J connectivity index is 1.40. The standard InChI is InChI=1S/C35H23N3/c1-3-9-24(10-4-1)32-18-16-28(23-36-32)38-33-14-8-7-13-29(33)30-17-15-25-22-34-26(21-31(25)35(30)38)19-20-37(34)27-11-5-2-6-12-27/h1-23H. The van der Waals surface area contributed by atoms with E-state index in [0.29, 0.717) is 0 Å². The highest BCUT2D eigenvalue weighted by Gasteiger charge is 2.16. The minimum absolute atomic E-state index is 0.976. The van der Waals surface area contributed by atoms with E-state index in [2.05, 4.69) is 137 Å². The van der Waals surface area contributed by atoms with Gasteiger partial charge in [0.1, 0.15) is 0 Å². The average Bonchev–Trinajstić information content (AvgIpc) is 3.56. The summed E-state index contributed by atoms with van der Waals surface area (Å²) in [4.78, 5) is 4.86. The molecule has 0 aliphatic heterocycles. The van der Waals surface area contributed by atoms with Gasteiger partial charge in [-0.1, -0.05) is 78.9 Å². The molecule has 38 heavy (non-hydrogen) atoms. The topological polar surface area (TPSA) is 22.8 Å². The fourth-order valence-corrected chi connectivity index (χ4v) is 5.79. The number of para-hydroxylation sites is 2. The van der Waals surface area contributed by atoms with E-state index in [9.17, 15) is 0 Å². The Morgan fingerprint density at radius 1 is 0.500 bits per heavy atom. The number of benzene rings is 5. The lowest BCUT2D eigenvalue weighted by molar-refractivity contribution is 1.13. The zero-order chi connectivity index (χ0) is 25.1. The summed E-state index contributed by atoms with van der Waals surface area (Å²) in [6, 6.07) is 45.2. The van der Waals surface area contributed by atoms with Gasteiger partial charge in [-0.3, -0.25) is 4.98 Å². The van der Waals surface area contributed by atoms with Crippen molar-refractivity contribution in [3.63, 3.8) is 0 Å². The number of hydrogen-bond donors (Lipinski definition) is 0. The number of rotatable bonds is 3. The summed E-state index contributed by atoms with van der Waals surface area (Å²) in [5.41, 5.74) is 7.94. The number of pyridine rings is 1. The molecule has 5 aromatic carbocycles. The van der Waals surface area contributed by atoms with Crippen molar-refractivity contribution in [2.45, 2.75) is 0 Å². The highest BCUT2D eigenvalue weighted by atomic mass is 15.0. The number of nitrogens with zero attached hydrogens (tertiary/aromatic N) is 3. The molecule has 178 valence electrons. The molecule has 8 rings (SSSR count). The van der Waals surface area contributed by atoms with Crippen LogP contribution < -0.4 is 0 Å². The monoisotopic (exact) mass is 485 g/mol. The second kappa shape index (κ2) is 8.19. The molecule has 0 bridgehead atoms. The summed E-state index contributed by atoms with van der Waals surface area (Å²) in [5.74, 6) is 0. The van der Waals surface area contributed by atoms with Gasteiger partial charge in [-0.15, -0.1) is 0 Å². The Morgan fingerprint density at radius 3 is 2.11 bits per heavy atom. The van der Waals surface area contributed by atoms with Gasteiger partial charge in [0.25, 0.3) is 0 Å². The van der Waals surface area contributed by atoms with Crippen LogP contribution in [-0.2, 0) is 0 Å². The molecule has 3 nitrogen and oxygen atoms in total. The van der Waals surface area contributed by atoms with E-state index in [1.165, 1.54) is 49.2 Å². The first kappa shape index (κ1) is 21.0. The van der Waals surface area contributed by atoms with Crippen molar-refractivity contribution in [3.8, 4) is 22.6 Å². The Bertz CT molecular complexity index is 2100. The van der Waals surface area contributed by atoms with Gasteiger partial charge >= 0.3 is 0 Å². The van der Waals surface area contributed by atoms with Crippen LogP contribution in [0.5, 0.6) is 0 Å². The molecule has 0 atom stereocenters. The second-order valence-electron chi connectivity index (χ2n) is 9.74. The number of hydrogen-bond acceptors (Lipinski definition) is 1. The van der Waals surface area contributed by atoms with E-state index >= 15 is 0 Å². The second-order valence-corrected chi connectivity index (χ2v) is 9.74. The van der Waals surface area contributed by atoms with Crippen molar-refractivity contribution < 1.29 is 0 Å². The Morgan fingerprint density at radius 2 is 1.29 bits per heavy atom. The molecule has 3 heterocycles.